The summed E-state index contributed by atoms with van der Waals surface area (Å²) in [5, 5.41) is 3.15. The highest BCUT2D eigenvalue weighted by molar-refractivity contribution is 6.36. The summed E-state index contributed by atoms with van der Waals surface area (Å²) in [6.45, 7) is 0. The number of halogens is 4. The summed E-state index contributed by atoms with van der Waals surface area (Å²) in [5.74, 6) is 0.967. The standard InChI is InChI=1S/C21H16Cl2N6O4.2ClH/c1-32-21(31)28-20-26-15-6-4-13(9-16(15)27-20)33-18-7-3-12(10-25-18)29(19(24)30)17-8-11(22)2-5-14(17)23;;/h2-10H,1H3,(H2,24,30)(H2,26,27,28,31);2*1H. The van der Waals surface area contributed by atoms with Crippen LogP contribution in [0, 0.1) is 0 Å². The SMILES string of the molecule is COC(=O)Nc1nc2cc(Oc3ccc(N(C(N)=O)c4cc(Cl)ccc4Cl)cn3)ccc2[nH]1.Cl.Cl. The fourth-order valence-electron chi connectivity index (χ4n) is 2.98. The number of pyridine rings is 1. The number of nitrogens with zero attached hydrogens (tertiary/aromatic N) is 3. The highest BCUT2D eigenvalue weighted by Crippen LogP contribution is 2.34. The van der Waals surface area contributed by atoms with Crippen molar-refractivity contribution in [2.24, 2.45) is 5.73 Å². The Morgan fingerprint density at radius 3 is 2.51 bits per heavy atom. The van der Waals surface area contributed by atoms with Crippen molar-refractivity contribution in [2.45, 2.75) is 0 Å². The number of nitrogens with one attached hydrogen (secondary N) is 2. The number of urea groups is 1. The number of anilines is 3. The first-order valence-electron chi connectivity index (χ1n) is 9.37. The Balaban J connectivity index is 0.00000216. The Labute approximate surface area is 221 Å². The van der Waals surface area contributed by atoms with Gasteiger partial charge in [0.25, 0.3) is 0 Å². The Morgan fingerprint density at radius 2 is 1.86 bits per heavy atom. The fourth-order valence-corrected chi connectivity index (χ4v) is 3.35. The molecule has 184 valence electrons. The Kier molecular flexibility index (Phi) is 9.38. The summed E-state index contributed by atoms with van der Waals surface area (Å²) < 4.78 is 10.3. The van der Waals surface area contributed by atoms with E-state index in [9.17, 15) is 9.59 Å². The minimum Gasteiger partial charge on any atom is -0.453 e. The molecule has 0 saturated heterocycles. The first-order chi connectivity index (χ1) is 15.8. The van der Waals surface area contributed by atoms with Gasteiger partial charge in [0.05, 0.1) is 40.7 Å². The quantitative estimate of drug-likeness (QED) is 0.262. The van der Waals surface area contributed by atoms with E-state index in [2.05, 4.69) is 25.0 Å². The third-order valence-corrected chi connectivity index (χ3v) is 4.99. The van der Waals surface area contributed by atoms with Crippen LogP contribution in [0.4, 0.5) is 26.9 Å². The molecule has 14 heteroatoms. The lowest BCUT2D eigenvalue weighted by Gasteiger charge is -2.21. The number of hydrogen-bond donors (Lipinski definition) is 3. The number of primary amides is 1. The normalized spacial score (nSPS) is 10.0. The van der Waals surface area contributed by atoms with Crippen LogP contribution in [0.1, 0.15) is 0 Å². The van der Waals surface area contributed by atoms with Crippen molar-refractivity contribution in [1.29, 1.82) is 0 Å². The van der Waals surface area contributed by atoms with E-state index in [0.717, 1.165) is 0 Å². The molecular weight excluding hydrogens is 542 g/mol. The third kappa shape index (κ3) is 6.37. The van der Waals surface area contributed by atoms with E-state index in [1.807, 2.05) is 0 Å². The molecule has 0 saturated carbocycles. The van der Waals surface area contributed by atoms with Crippen LogP contribution in [0.5, 0.6) is 11.6 Å². The van der Waals surface area contributed by atoms with Crippen molar-refractivity contribution in [3.63, 3.8) is 0 Å². The average Bonchev–Trinajstić information content (AvgIpc) is 3.18. The Morgan fingerprint density at radius 1 is 1.09 bits per heavy atom. The molecule has 0 unspecified atom stereocenters. The van der Waals surface area contributed by atoms with E-state index in [0.29, 0.717) is 38.2 Å². The summed E-state index contributed by atoms with van der Waals surface area (Å²) in [5.41, 5.74) is 7.51. The number of amides is 3. The number of hydrogen-bond acceptors (Lipinski definition) is 6. The van der Waals surface area contributed by atoms with Gasteiger partial charge in [0.1, 0.15) is 5.75 Å². The van der Waals surface area contributed by atoms with Crippen molar-refractivity contribution >= 4 is 88.5 Å². The van der Waals surface area contributed by atoms with Gasteiger partial charge >= 0.3 is 12.1 Å². The summed E-state index contributed by atoms with van der Waals surface area (Å²) in [7, 11) is 1.26. The number of carbonyl (C=O) groups is 2. The van der Waals surface area contributed by atoms with Crippen LogP contribution in [0.3, 0.4) is 0 Å². The number of rotatable bonds is 5. The molecule has 0 aliphatic carbocycles. The second kappa shape index (κ2) is 11.8. The van der Waals surface area contributed by atoms with Gasteiger partial charge in [-0.05, 0) is 36.4 Å². The average molecular weight is 560 g/mol. The minimum atomic E-state index is -0.755. The summed E-state index contributed by atoms with van der Waals surface area (Å²) in [6.07, 6.45) is 0.780. The molecule has 0 atom stereocenters. The molecule has 0 aliphatic heterocycles. The number of fused-ring (bicyclic) bond motifs is 1. The zero-order valence-corrected chi connectivity index (χ0v) is 21.0. The predicted octanol–water partition coefficient (Wildman–Crippen LogP) is 6.30. The van der Waals surface area contributed by atoms with Gasteiger partial charge in [-0.15, -0.1) is 24.8 Å². The van der Waals surface area contributed by atoms with E-state index >= 15 is 0 Å². The number of imidazole rings is 1. The van der Waals surface area contributed by atoms with Crippen LogP contribution in [0.15, 0.2) is 54.7 Å². The molecule has 0 bridgehead atoms. The van der Waals surface area contributed by atoms with E-state index in [1.165, 1.54) is 24.3 Å². The van der Waals surface area contributed by atoms with Gasteiger partial charge in [-0.2, -0.15) is 0 Å². The molecule has 4 rings (SSSR count). The van der Waals surface area contributed by atoms with Gasteiger partial charge in [0.2, 0.25) is 11.8 Å². The van der Waals surface area contributed by atoms with Gasteiger partial charge in [-0.3, -0.25) is 10.2 Å². The Bertz CT molecular complexity index is 1350. The molecule has 10 nitrogen and oxygen atoms in total. The first kappa shape index (κ1) is 27.8. The second-order valence-electron chi connectivity index (χ2n) is 6.61. The number of ether oxygens (including phenoxy) is 2. The van der Waals surface area contributed by atoms with Crippen LogP contribution >= 0.6 is 48.0 Å². The van der Waals surface area contributed by atoms with Crippen molar-refractivity contribution in [3.8, 4) is 11.6 Å². The Hall–Kier alpha value is -3.44. The van der Waals surface area contributed by atoms with Gasteiger partial charge in [0.15, 0.2) is 0 Å². The van der Waals surface area contributed by atoms with Gasteiger partial charge in [0, 0.05) is 17.2 Å². The van der Waals surface area contributed by atoms with Crippen LogP contribution in [-0.4, -0.2) is 34.2 Å². The molecule has 4 aromatic rings. The number of nitrogens with two attached hydrogens (primary N) is 1. The molecule has 0 aliphatic rings. The highest BCUT2D eigenvalue weighted by Gasteiger charge is 2.19. The lowest BCUT2D eigenvalue weighted by atomic mass is 10.2. The molecule has 0 fully saturated rings. The maximum atomic E-state index is 12.1. The molecular formula is C21H18Cl4N6O4. The molecule has 3 amide bonds. The summed E-state index contributed by atoms with van der Waals surface area (Å²) in [4.78, 5) is 36.1. The van der Waals surface area contributed by atoms with Crippen molar-refractivity contribution in [2.75, 3.05) is 17.3 Å². The maximum absolute atomic E-state index is 12.1. The largest absolute Gasteiger partial charge is 0.453 e. The van der Waals surface area contributed by atoms with E-state index < -0.39 is 12.1 Å². The molecule has 0 spiro atoms. The maximum Gasteiger partial charge on any atom is 0.413 e. The van der Waals surface area contributed by atoms with Crippen molar-refractivity contribution in [1.82, 2.24) is 15.0 Å². The number of aromatic amines is 1. The van der Waals surface area contributed by atoms with Crippen molar-refractivity contribution in [3.05, 3.63) is 64.8 Å². The van der Waals surface area contributed by atoms with E-state index in [-0.39, 0.29) is 36.6 Å². The van der Waals surface area contributed by atoms with Crippen molar-refractivity contribution < 1.29 is 19.1 Å². The zero-order chi connectivity index (χ0) is 23.5. The van der Waals surface area contributed by atoms with Crippen LogP contribution in [0.2, 0.25) is 10.0 Å². The second-order valence-corrected chi connectivity index (χ2v) is 7.45. The lowest BCUT2D eigenvalue weighted by molar-refractivity contribution is 0.186. The predicted molar refractivity (Wildman–Crippen MR) is 139 cm³/mol. The number of carbonyl (C=O) groups excluding carboxylic acids is 2. The van der Waals surface area contributed by atoms with Crippen LogP contribution in [-0.2, 0) is 4.74 Å². The van der Waals surface area contributed by atoms with Gasteiger partial charge in [-0.25, -0.2) is 19.6 Å². The highest BCUT2D eigenvalue weighted by atomic mass is 35.5. The molecule has 35 heavy (non-hydrogen) atoms. The van der Waals surface area contributed by atoms with Gasteiger partial charge < -0.3 is 20.2 Å². The van der Waals surface area contributed by atoms with Crippen LogP contribution in [0.25, 0.3) is 11.0 Å². The first-order valence-corrected chi connectivity index (χ1v) is 10.1. The summed E-state index contributed by atoms with van der Waals surface area (Å²) >= 11 is 12.3. The topological polar surface area (TPSA) is 135 Å². The molecule has 0 radical (unpaired) electrons. The molecule has 4 N–H and O–H groups in total. The molecule has 2 aromatic carbocycles. The third-order valence-electron chi connectivity index (χ3n) is 4.43. The number of methoxy groups -OCH3 is 1. The monoisotopic (exact) mass is 558 g/mol. The van der Waals surface area contributed by atoms with E-state index in [4.69, 9.17) is 33.7 Å². The molecule has 2 aromatic heterocycles. The summed E-state index contributed by atoms with van der Waals surface area (Å²) in [6, 6.07) is 12.2. The molecule has 2 heterocycles. The number of H-pyrrole nitrogens is 1. The fraction of sp³-hybridized carbons (Fsp3) is 0.0476. The minimum absolute atomic E-state index is 0. The van der Waals surface area contributed by atoms with Gasteiger partial charge in [-0.1, -0.05) is 23.2 Å². The van der Waals surface area contributed by atoms with E-state index in [1.54, 1.807) is 42.5 Å². The van der Waals surface area contributed by atoms with Crippen LogP contribution < -0.4 is 20.7 Å². The number of benzene rings is 2. The number of aromatic nitrogens is 3. The smallest absolute Gasteiger partial charge is 0.413 e. The zero-order valence-electron chi connectivity index (χ0n) is 17.8. The lowest BCUT2D eigenvalue weighted by Crippen LogP contribution is -2.31.